The van der Waals surface area contributed by atoms with Crippen LogP contribution in [0.25, 0.3) is 11.3 Å². The number of aromatic nitrogens is 2. The number of benzene rings is 2. The van der Waals surface area contributed by atoms with Crippen LogP contribution < -0.4 is 15.6 Å². The Morgan fingerprint density at radius 2 is 1.65 bits per heavy atom. The Bertz CT molecular complexity index is 1270. The molecule has 0 bridgehead atoms. The highest BCUT2D eigenvalue weighted by molar-refractivity contribution is 5.93. The molecule has 1 N–H and O–H groups in total. The van der Waals surface area contributed by atoms with Gasteiger partial charge in [-0.25, -0.2) is 4.68 Å². The fourth-order valence-electron chi connectivity index (χ4n) is 3.10. The van der Waals surface area contributed by atoms with E-state index in [0.29, 0.717) is 23.1 Å². The molecular weight excluding hydrogens is 468 g/mol. The number of alkyl halides is 6. The summed E-state index contributed by atoms with van der Waals surface area (Å²) in [5.41, 5.74) is -4.13. The molecule has 0 aliphatic carbocycles. The van der Waals surface area contributed by atoms with Gasteiger partial charge in [-0.05, 0) is 43.3 Å². The Hall–Kier alpha value is -3.83. The van der Waals surface area contributed by atoms with E-state index >= 15 is 0 Å². The molecule has 12 heteroatoms. The van der Waals surface area contributed by atoms with Crippen molar-refractivity contribution in [1.29, 1.82) is 0 Å². The van der Waals surface area contributed by atoms with Crippen molar-refractivity contribution in [2.24, 2.45) is 0 Å². The van der Waals surface area contributed by atoms with E-state index in [2.05, 4.69) is 10.4 Å². The lowest BCUT2D eigenvalue weighted by atomic mass is 10.1. The summed E-state index contributed by atoms with van der Waals surface area (Å²) in [6.45, 7) is 1.27. The fourth-order valence-corrected chi connectivity index (χ4v) is 3.10. The number of rotatable bonds is 5. The fraction of sp³-hybridized carbons (Fsp3) is 0.227. The molecule has 0 spiro atoms. The third kappa shape index (κ3) is 5.38. The van der Waals surface area contributed by atoms with Gasteiger partial charge in [0.2, 0.25) is 5.91 Å². The van der Waals surface area contributed by atoms with Gasteiger partial charge in [0.1, 0.15) is 11.8 Å². The van der Waals surface area contributed by atoms with Crippen LogP contribution in [0.1, 0.15) is 24.1 Å². The topological polar surface area (TPSA) is 73.2 Å². The first-order valence-corrected chi connectivity index (χ1v) is 9.65. The number of halogens is 6. The van der Waals surface area contributed by atoms with Crippen molar-refractivity contribution in [2.45, 2.75) is 25.3 Å². The average Bonchev–Trinajstić information content (AvgIpc) is 2.77. The molecule has 2 aromatic carbocycles. The molecule has 180 valence electrons. The number of carbonyl (C=O) groups excluding carboxylic acids is 1. The smallest absolute Gasteiger partial charge is 0.417 e. The minimum absolute atomic E-state index is 0.191. The second-order valence-electron chi connectivity index (χ2n) is 7.15. The van der Waals surface area contributed by atoms with Crippen molar-refractivity contribution in [3.05, 3.63) is 76.1 Å². The molecule has 0 aliphatic heterocycles. The van der Waals surface area contributed by atoms with Crippen molar-refractivity contribution < 1.29 is 35.9 Å². The molecule has 1 atom stereocenters. The predicted octanol–water partition coefficient (Wildman–Crippen LogP) is 5.16. The molecule has 0 saturated carbocycles. The lowest BCUT2D eigenvalue weighted by molar-refractivity contribution is -0.162. The van der Waals surface area contributed by atoms with Crippen LogP contribution in [0, 0.1) is 0 Å². The summed E-state index contributed by atoms with van der Waals surface area (Å²) in [5, 5.41) is 6.25. The van der Waals surface area contributed by atoms with Crippen LogP contribution in [-0.2, 0) is 17.1 Å². The van der Waals surface area contributed by atoms with Gasteiger partial charge in [0.15, 0.2) is 0 Å². The Kier molecular flexibility index (Phi) is 6.71. The molecule has 3 rings (SSSR count). The Balaban J connectivity index is 1.91. The van der Waals surface area contributed by atoms with Gasteiger partial charge in [-0.3, -0.25) is 9.59 Å². The van der Waals surface area contributed by atoms with E-state index in [1.165, 1.54) is 20.1 Å². The molecule has 1 amide bonds. The van der Waals surface area contributed by atoms with Gasteiger partial charge in [-0.2, -0.15) is 31.4 Å². The first kappa shape index (κ1) is 24.8. The number of amides is 1. The summed E-state index contributed by atoms with van der Waals surface area (Å²) in [6.07, 6.45) is -10.5. The quantitative estimate of drug-likeness (QED) is 0.507. The van der Waals surface area contributed by atoms with Gasteiger partial charge in [-0.15, -0.1) is 0 Å². The third-order valence-corrected chi connectivity index (χ3v) is 4.83. The van der Waals surface area contributed by atoms with Crippen LogP contribution >= 0.6 is 0 Å². The average molecular weight is 485 g/mol. The number of methoxy groups -OCH3 is 1. The van der Waals surface area contributed by atoms with E-state index in [1.54, 1.807) is 24.3 Å². The van der Waals surface area contributed by atoms with E-state index in [9.17, 15) is 35.9 Å². The largest absolute Gasteiger partial charge is 0.497 e. The molecule has 0 radical (unpaired) electrons. The van der Waals surface area contributed by atoms with Crippen LogP contribution in [0.3, 0.4) is 0 Å². The van der Waals surface area contributed by atoms with Crippen molar-refractivity contribution >= 4 is 11.6 Å². The Labute approximate surface area is 188 Å². The number of nitrogens with zero attached hydrogens (tertiary/aromatic N) is 2. The summed E-state index contributed by atoms with van der Waals surface area (Å²) in [6, 6.07) is 9.11. The first-order valence-electron chi connectivity index (χ1n) is 9.65. The number of anilines is 1. The second kappa shape index (κ2) is 9.20. The molecule has 1 heterocycles. The normalized spacial score (nSPS) is 12.8. The van der Waals surface area contributed by atoms with E-state index in [1.807, 2.05) is 0 Å². The van der Waals surface area contributed by atoms with Gasteiger partial charge in [0.05, 0.1) is 23.9 Å². The standard InChI is InChI=1S/C22H17F6N3O3/c1-12(31-19(32)9-8-18(30-31)13-4-3-5-15(10-13)34-2)20(33)29-14-6-7-16(21(23,24)25)17(11-14)22(26,27)28/h3-12H,1-2H3,(H,29,33). The minimum atomic E-state index is -5.30. The van der Waals surface area contributed by atoms with E-state index < -0.39 is 46.7 Å². The van der Waals surface area contributed by atoms with Gasteiger partial charge in [0.25, 0.3) is 5.56 Å². The minimum Gasteiger partial charge on any atom is -0.497 e. The number of hydrogen-bond donors (Lipinski definition) is 1. The third-order valence-electron chi connectivity index (χ3n) is 4.83. The maximum atomic E-state index is 13.2. The molecule has 6 nitrogen and oxygen atoms in total. The second-order valence-corrected chi connectivity index (χ2v) is 7.15. The molecule has 1 aromatic heterocycles. The van der Waals surface area contributed by atoms with E-state index in [-0.39, 0.29) is 12.1 Å². The van der Waals surface area contributed by atoms with Crippen molar-refractivity contribution in [3.8, 4) is 17.0 Å². The lowest BCUT2D eigenvalue weighted by Gasteiger charge is -2.18. The van der Waals surface area contributed by atoms with Gasteiger partial charge in [-0.1, -0.05) is 12.1 Å². The summed E-state index contributed by atoms with van der Waals surface area (Å²) >= 11 is 0. The van der Waals surface area contributed by atoms with Crippen molar-refractivity contribution in [3.63, 3.8) is 0 Å². The van der Waals surface area contributed by atoms with Crippen LogP contribution in [0.5, 0.6) is 5.75 Å². The monoisotopic (exact) mass is 485 g/mol. The number of carbonyl (C=O) groups is 1. The van der Waals surface area contributed by atoms with Gasteiger partial charge in [0, 0.05) is 17.3 Å². The SMILES string of the molecule is COc1cccc(-c2ccc(=O)n(C(C)C(=O)Nc3ccc(C(F)(F)F)c(C(F)(F)F)c3)n2)c1. The number of ether oxygens (including phenoxy) is 1. The van der Waals surface area contributed by atoms with Gasteiger partial charge < -0.3 is 10.1 Å². The summed E-state index contributed by atoms with van der Waals surface area (Å²) < 4.78 is 84.3. The molecular formula is C22H17F6N3O3. The molecule has 34 heavy (non-hydrogen) atoms. The summed E-state index contributed by atoms with van der Waals surface area (Å²) in [4.78, 5) is 24.9. The van der Waals surface area contributed by atoms with E-state index in [4.69, 9.17) is 4.74 Å². The highest BCUT2D eigenvalue weighted by Gasteiger charge is 2.43. The summed E-state index contributed by atoms with van der Waals surface area (Å²) in [7, 11) is 1.46. The van der Waals surface area contributed by atoms with Crippen LogP contribution in [-0.4, -0.2) is 22.8 Å². The number of hydrogen-bond acceptors (Lipinski definition) is 4. The van der Waals surface area contributed by atoms with E-state index in [0.717, 1.165) is 10.7 Å². The maximum absolute atomic E-state index is 13.2. The maximum Gasteiger partial charge on any atom is 0.417 e. The zero-order valence-corrected chi connectivity index (χ0v) is 17.7. The molecule has 0 saturated heterocycles. The molecule has 1 unspecified atom stereocenters. The lowest BCUT2D eigenvalue weighted by Crippen LogP contribution is -2.33. The molecule has 3 aromatic rings. The van der Waals surface area contributed by atoms with Crippen molar-refractivity contribution in [2.75, 3.05) is 12.4 Å². The zero-order valence-electron chi connectivity index (χ0n) is 17.7. The van der Waals surface area contributed by atoms with Gasteiger partial charge >= 0.3 is 12.4 Å². The van der Waals surface area contributed by atoms with Crippen LogP contribution in [0.15, 0.2) is 59.4 Å². The molecule has 0 aliphatic rings. The van der Waals surface area contributed by atoms with Crippen molar-refractivity contribution in [1.82, 2.24) is 9.78 Å². The van der Waals surface area contributed by atoms with Crippen LogP contribution in [0.4, 0.5) is 32.0 Å². The predicted molar refractivity (Wildman–Crippen MR) is 110 cm³/mol. The highest BCUT2D eigenvalue weighted by atomic mass is 19.4. The highest BCUT2D eigenvalue weighted by Crippen LogP contribution is 2.41. The summed E-state index contributed by atoms with van der Waals surface area (Å²) in [5.74, 6) is -0.434. The first-order chi connectivity index (χ1) is 15.8. The zero-order chi connectivity index (χ0) is 25.3. The van der Waals surface area contributed by atoms with Crippen LogP contribution in [0.2, 0.25) is 0 Å². The Morgan fingerprint density at radius 1 is 0.971 bits per heavy atom. The number of nitrogens with one attached hydrogen (secondary N) is 1. The Morgan fingerprint density at radius 3 is 2.26 bits per heavy atom. The molecule has 0 fully saturated rings.